The molecule has 0 aliphatic carbocycles. The number of nitrogens with one attached hydrogen (secondary N) is 1. The van der Waals surface area contributed by atoms with Gasteiger partial charge in [0, 0.05) is 36.3 Å². The Morgan fingerprint density at radius 3 is 2.90 bits per heavy atom. The Labute approximate surface area is 117 Å². The van der Waals surface area contributed by atoms with Crippen molar-refractivity contribution in [3.63, 3.8) is 0 Å². The van der Waals surface area contributed by atoms with E-state index in [1.807, 2.05) is 7.05 Å². The molecule has 1 unspecified atom stereocenters. The van der Waals surface area contributed by atoms with Gasteiger partial charge in [0.15, 0.2) is 0 Å². The number of hydrogen-bond donors (Lipinski definition) is 1. The number of rotatable bonds is 3. The van der Waals surface area contributed by atoms with Crippen LogP contribution in [0.4, 0.5) is 5.69 Å². The van der Waals surface area contributed by atoms with Crippen LogP contribution in [0.15, 0.2) is 18.2 Å². The Kier molecular flexibility index (Phi) is 4.34. The van der Waals surface area contributed by atoms with E-state index in [-0.39, 0.29) is 11.6 Å². The average molecular weight is 277 g/mol. The largest absolute Gasteiger partial charge is 0.337 e. The van der Waals surface area contributed by atoms with Crippen molar-refractivity contribution in [2.45, 2.75) is 25.8 Å². The first-order valence-electron chi connectivity index (χ1n) is 6.74. The molecule has 2 rings (SSSR count). The van der Waals surface area contributed by atoms with Gasteiger partial charge in [-0.3, -0.25) is 14.9 Å². The third-order valence-electron chi connectivity index (χ3n) is 3.77. The summed E-state index contributed by atoms with van der Waals surface area (Å²) in [5, 5.41) is 14.1. The van der Waals surface area contributed by atoms with Crippen molar-refractivity contribution < 1.29 is 9.72 Å². The highest BCUT2D eigenvalue weighted by atomic mass is 16.6. The number of likely N-dealkylation sites (tertiary alicyclic amines) is 1. The predicted octanol–water partition coefficient (Wildman–Crippen LogP) is 1.73. The summed E-state index contributed by atoms with van der Waals surface area (Å²) in [5.74, 6) is -0.131. The van der Waals surface area contributed by atoms with Crippen molar-refractivity contribution in [1.82, 2.24) is 10.2 Å². The maximum atomic E-state index is 12.4. The van der Waals surface area contributed by atoms with E-state index in [2.05, 4.69) is 5.32 Å². The summed E-state index contributed by atoms with van der Waals surface area (Å²) in [6, 6.07) is 4.97. The van der Waals surface area contributed by atoms with Gasteiger partial charge >= 0.3 is 0 Å². The quantitative estimate of drug-likeness (QED) is 0.674. The summed E-state index contributed by atoms with van der Waals surface area (Å²) < 4.78 is 0. The maximum Gasteiger partial charge on any atom is 0.273 e. The number of carbonyl (C=O) groups excluding carboxylic acids is 1. The summed E-state index contributed by atoms with van der Waals surface area (Å²) in [5.41, 5.74) is 0.954. The molecule has 6 nitrogen and oxygen atoms in total. The van der Waals surface area contributed by atoms with Crippen LogP contribution in [0.25, 0.3) is 0 Å². The summed E-state index contributed by atoms with van der Waals surface area (Å²) >= 11 is 0. The minimum atomic E-state index is -0.446. The fourth-order valence-corrected chi connectivity index (χ4v) is 2.52. The normalized spacial score (nSPS) is 18.9. The molecule has 1 N–H and O–H groups in total. The van der Waals surface area contributed by atoms with E-state index in [0.29, 0.717) is 30.3 Å². The van der Waals surface area contributed by atoms with Gasteiger partial charge in [-0.1, -0.05) is 6.07 Å². The SMILES string of the molecule is CNC1CCCN(C(=O)c2ccc(C)c([N+](=O)[O-])c2)C1. The summed E-state index contributed by atoms with van der Waals surface area (Å²) in [6.45, 7) is 3.03. The van der Waals surface area contributed by atoms with Gasteiger partial charge in [-0.2, -0.15) is 0 Å². The molecule has 1 aromatic rings. The molecule has 1 saturated heterocycles. The molecular formula is C14H19N3O3. The number of likely N-dealkylation sites (N-methyl/N-ethyl adjacent to an activating group) is 1. The van der Waals surface area contributed by atoms with E-state index in [1.165, 1.54) is 6.07 Å². The fraction of sp³-hybridized carbons (Fsp3) is 0.500. The van der Waals surface area contributed by atoms with Gasteiger partial charge in [0.1, 0.15) is 0 Å². The number of piperidine rings is 1. The Hall–Kier alpha value is -1.95. The minimum absolute atomic E-state index is 0.00183. The number of carbonyl (C=O) groups is 1. The van der Waals surface area contributed by atoms with Gasteiger partial charge < -0.3 is 10.2 Å². The molecule has 1 fully saturated rings. The molecule has 1 heterocycles. The molecule has 1 aliphatic heterocycles. The lowest BCUT2D eigenvalue weighted by atomic mass is 10.0. The molecule has 0 radical (unpaired) electrons. The van der Waals surface area contributed by atoms with Crippen LogP contribution in [0, 0.1) is 17.0 Å². The minimum Gasteiger partial charge on any atom is -0.337 e. The third-order valence-corrected chi connectivity index (χ3v) is 3.77. The molecule has 20 heavy (non-hydrogen) atoms. The fourth-order valence-electron chi connectivity index (χ4n) is 2.52. The van der Waals surface area contributed by atoms with E-state index in [1.54, 1.807) is 24.0 Å². The van der Waals surface area contributed by atoms with Gasteiger partial charge in [0.25, 0.3) is 11.6 Å². The zero-order chi connectivity index (χ0) is 14.7. The molecule has 6 heteroatoms. The maximum absolute atomic E-state index is 12.4. The van der Waals surface area contributed by atoms with Crippen LogP contribution in [0.1, 0.15) is 28.8 Å². The molecule has 0 aromatic heterocycles. The topological polar surface area (TPSA) is 75.5 Å². The predicted molar refractivity (Wildman–Crippen MR) is 75.8 cm³/mol. The lowest BCUT2D eigenvalue weighted by Gasteiger charge is -2.32. The highest BCUT2D eigenvalue weighted by Gasteiger charge is 2.24. The lowest BCUT2D eigenvalue weighted by molar-refractivity contribution is -0.385. The number of nitrogens with zero attached hydrogens (tertiary/aromatic N) is 2. The van der Waals surface area contributed by atoms with Crippen LogP contribution in [0.5, 0.6) is 0 Å². The number of aryl methyl sites for hydroxylation is 1. The van der Waals surface area contributed by atoms with Crippen LogP contribution in [0.3, 0.4) is 0 Å². The van der Waals surface area contributed by atoms with Gasteiger partial charge in [0.05, 0.1) is 4.92 Å². The second-order valence-corrected chi connectivity index (χ2v) is 5.14. The number of benzene rings is 1. The van der Waals surface area contributed by atoms with E-state index in [0.717, 1.165) is 12.8 Å². The Morgan fingerprint density at radius 1 is 1.50 bits per heavy atom. The Balaban J connectivity index is 2.20. The number of nitro groups is 1. The van der Waals surface area contributed by atoms with Crippen molar-refractivity contribution >= 4 is 11.6 Å². The zero-order valence-electron chi connectivity index (χ0n) is 11.8. The van der Waals surface area contributed by atoms with Crippen molar-refractivity contribution in [2.24, 2.45) is 0 Å². The molecule has 1 aliphatic rings. The summed E-state index contributed by atoms with van der Waals surface area (Å²) in [7, 11) is 1.88. The summed E-state index contributed by atoms with van der Waals surface area (Å²) in [4.78, 5) is 24.7. The van der Waals surface area contributed by atoms with E-state index in [4.69, 9.17) is 0 Å². The van der Waals surface area contributed by atoms with Crippen LogP contribution in [-0.2, 0) is 0 Å². The van der Waals surface area contributed by atoms with Gasteiger partial charge in [-0.05, 0) is 32.9 Å². The zero-order valence-corrected chi connectivity index (χ0v) is 11.8. The van der Waals surface area contributed by atoms with Gasteiger partial charge in [-0.15, -0.1) is 0 Å². The molecule has 0 spiro atoms. The van der Waals surface area contributed by atoms with Crippen molar-refractivity contribution in [3.05, 3.63) is 39.4 Å². The molecule has 108 valence electrons. The molecule has 1 aromatic carbocycles. The van der Waals surface area contributed by atoms with Crippen molar-refractivity contribution in [1.29, 1.82) is 0 Å². The summed E-state index contributed by atoms with van der Waals surface area (Å²) in [6.07, 6.45) is 2.00. The third kappa shape index (κ3) is 2.96. The Morgan fingerprint density at radius 2 is 2.25 bits per heavy atom. The second-order valence-electron chi connectivity index (χ2n) is 5.14. The Bertz CT molecular complexity index is 530. The smallest absolute Gasteiger partial charge is 0.273 e. The highest BCUT2D eigenvalue weighted by molar-refractivity contribution is 5.95. The van der Waals surface area contributed by atoms with E-state index >= 15 is 0 Å². The van der Waals surface area contributed by atoms with E-state index < -0.39 is 4.92 Å². The second kappa shape index (κ2) is 6.00. The molecular weight excluding hydrogens is 258 g/mol. The van der Waals surface area contributed by atoms with Crippen LogP contribution in [0.2, 0.25) is 0 Å². The van der Waals surface area contributed by atoms with Crippen LogP contribution < -0.4 is 5.32 Å². The van der Waals surface area contributed by atoms with Gasteiger partial charge in [0.2, 0.25) is 0 Å². The average Bonchev–Trinajstić information content (AvgIpc) is 2.46. The number of hydrogen-bond acceptors (Lipinski definition) is 4. The van der Waals surface area contributed by atoms with Crippen LogP contribution in [-0.4, -0.2) is 41.9 Å². The standard InChI is InChI=1S/C14H19N3O3/c1-10-5-6-11(8-13(10)17(19)20)14(18)16-7-3-4-12(9-16)15-2/h5-6,8,12,15H,3-4,7,9H2,1-2H3. The number of nitro benzene ring substituents is 1. The van der Waals surface area contributed by atoms with Crippen molar-refractivity contribution in [2.75, 3.05) is 20.1 Å². The molecule has 0 bridgehead atoms. The number of amides is 1. The lowest BCUT2D eigenvalue weighted by Crippen LogP contribution is -2.46. The first-order valence-corrected chi connectivity index (χ1v) is 6.74. The van der Waals surface area contributed by atoms with E-state index in [9.17, 15) is 14.9 Å². The van der Waals surface area contributed by atoms with Crippen LogP contribution >= 0.6 is 0 Å². The highest BCUT2D eigenvalue weighted by Crippen LogP contribution is 2.21. The molecule has 1 amide bonds. The van der Waals surface area contributed by atoms with Crippen molar-refractivity contribution in [3.8, 4) is 0 Å². The van der Waals surface area contributed by atoms with Gasteiger partial charge in [-0.25, -0.2) is 0 Å². The molecule has 0 saturated carbocycles. The first kappa shape index (κ1) is 14.5. The molecule has 1 atom stereocenters. The monoisotopic (exact) mass is 277 g/mol. The first-order chi connectivity index (χ1) is 9.52.